The summed E-state index contributed by atoms with van der Waals surface area (Å²) in [6.45, 7) is 3.74. The first-order valence-corrected chi connectivity index (χ1v) is 8.49. The topological polar surface area (TPSA) is 48.6 Å². The molecule has 2 aromatic carbocycles. The molecule has 0 atom stereocenters. The van der Waals surface area contributed by atoms with Crippen LogP contribution < -0.4 is 14.5 Å². The van der Waals surface area contributed by atoms with Gasteiger partial charge in [-0.05, 0) is 30.3 Å². The number of aromatic nitrogens is 1. The largest absolute Gasteiger partial charge is 0.495 e. The zero-order valence-corrected chi connectivity index (χ0v) is 14.2. The summed E-state index contributed by atoms with van der Waals surface area (Å²) in [5.41, 5.74) is 4.02. The van der Waals surface area contributed by atoms with Crippen molar-refractivity contribution in [3.63, 3.8) is 0 Å². The molecule has 0 spiro atoms. The normalized spacial score (nSPS) is 14.8. The van der Waals surface area contributed by atoms with Crippen LogP contribution >= 0.6 is 0 Å². The average molecular weight is 335 g/mol. The third-order valence-electron chi connectivity index (χ3n) is 4.89. The first-order valence-electron chi connectivity index (χ1n) is 8.49. The maximum absolute atomic E-state index is 11.2. The van der Waals surface area contributed by atoms with Gasteiger partial charge in [0, 0.05) is 54.5 Å². The van der Waals surface area contributed by atoms with E-state index < -0.39 is 0 Å². The molecule has 1 aromatic heterocycles. The van der Waals surface area contributed by atoms with Crippen molar-refractivity contribution < 1.29 is 9.53 Å². The molecule has 5 heteroatoms. The predicted octanol–water partition coefficient (Wildman–Crippen LogP) is 3.32. The quantitative estimate of drug-likeness (QED) is 0.743. The number of hydrogen-bond acceptors (Lipinski definition) is 4. The Balaban J connectivity index is 1.53. The summed E-state index contributed by atoms with van der Waals surface area (Å²) in [7, 11) is 1.71. The Hall–Kier alpha value is -2.95. The molecule has 0 radical (unpaired) electrons. The van der Waals surface area contributed by atoms with Gasteiger partial charge in [-0.25, -0.2) is 0 Å². The molecule has 2 heterocycles. The van der Waals surface area contributed by atoms with E-state index in [1.165, 1.54) is 0 Å². The van der Waals surface area contributed by atoms with Crippen molar-refractivity contribution in [3.05, 3.63) is 54.2 Å². The number of fused-ring (bicyclic) bond motifs is 1. The molecule has 1 N–H and O–H groups in total. The van der Waals surface area contributed by atoms with Gasteiger partial charge < -0.3 is 19.5 Å². The molecule has 128 valence electrons. The van der Waals surface area contributed by atoms with Crippen LogP contribution in [0.4, 0.5) is 11.4 Å². The third-order valence-corrected chi connectivity index (χ3v) is 4.89. The van der Waals surface area contributed by atoms with E-state index in [-0.39, 0.29) is 0 Å². The molecule has 1 aliphatic heterocycles. The minimum Gasteiger partial charge on any atom is -0.495 e. The number of nitrogens with one attached hydrogen (secondary N) is 1. The van der Waals surface area contributed by atoms with E-state index in [9.17, 15) is 4.79 Å². The second-order valence-electron chi connectivity index (χ2n) is 6.24. The number of nitrogens with zero attached hydrogens (tertiary/aromatic N) is 2. The van der Waals surface area contributed by atoms with E-state index >= 15 is 0 Å². The lowest BCUT2D eigenvalue weighted by Gasteiger charge is -2.37. The molecule has 0 saturated carbocycles. The van der Waals surface area contributed by atoms with Gasteiger partial charge >= 0.3 is 0 Å². The average Bonchev–Trinajstić information content (AvgIpc) is 3.10. The van der Waals surface area contributed by atoms with Crippen LogP contribution in [0.25, 0.3) is 10.9 Å². The Morgan fingerprint density at radius 2 is 1.80 bits per heavy atom. The summed E-state index contributed by atoms with van der Waals surface area (Å²) in [5.74, 6) is 0.917. The van der Waals surface area contributed by atoms with Gasteiger partial charge in [0.1, 0.15) is 5.75 Å². The summed E-state index contributed by atoms with van der Waals surface area (Å²) in [6, 6.07) is 14.4. The minimum atomic E-state index is 0.713. The molecule has 0 bridgehead atoms. The number of hydrogen-bond donors (Lipinski definition) is 1. The fraction of sp³-hybridized carbons (Fsp3) is 0.250. The molecule has 1 fully saturated rings. The molecule has 0 aliphatic carbocycles. The number of ether oxygens (including phenoxy) is 1. The number of H-pyrrole nitrogens is 1. The zero-order chi connectivity index (χ0) is 17.2. The highest BCUT2D eigenvalue weighted by Crippen LogP contribution is 2.30. The molecular weight excluding hydrogens is 314 g/mol. The smallest absolute Gasteiger partial charge is 0.152 e. The number of carbonyl (C=O) groups excluding carboxylic acids is 1. The summed E-state index contributed by atoms with van der Waals surface area (Å²) in [6.07, 6.45) is 2.67. The van der Waals surface area contributed by atoms with E-state index in [1.807, 2.05) is 24.3 Å². The molecule has 5 nitrogen and oxygen atoms in total. The summed E-state index contributed by atoms with van der Waals surface area (Å²) in [4.78, 5) is 19.0. The van der Waals surface area contributed by atoms with Gasteiger partial charge in [0.25, 0.3) is 0 Å². The van der Waals surface area contributed by atoms with Crippen molar-refractivity contribution in [2.45, 2.75) is 0 Å². The van der Waals surface area contributed by atoms with Gasteiger partial charge in [-0.1, -0.05) is 12.1 Å². The van der Waals surface area contributed by atoms with Crippen LogP contribution in [0.3, 0.4) is 0 Å². The van der Waals surface area contributed by atoms with E-state index in [0.717, 1.165) is 60.5 Å². The van der Waals surface area contributed by atoms with Gasteiger partial charge in [0.2, 0.25) is 0 Å². The van der Waals surface area contributed by atoms with E-state index in [0.29, 0.717) is 5.56 Å². The van der Waals surface area contributed by atoms with Crippen molar-refractivity contribution in [1.29, 1.82) is 0 Å². The van der Waals surface area contributed by atoms with Crippen LogP contribution in [-0.4, -0.2) is 44.6 Å². The highest BCUT2D eigenvalue weighted by molar-refractivity contribution is 5.98. The number of rotatable bonds is 4. The van der Waals surface area contributed by atoms with Crippen molar-refractivity contribution >= 4 is 28.6 Å². The molecular formula is C20H21N3O2. The number of benzene rings is 2. The maximum atomic E-state index is 11.2. The fourth-order valence-electron chi connectivity index (χ4n) is 3.52. The number of carbonyl (C=O) groups is 1. The Morgan fingerprint density at radius 3 is 2.56 bits per heavy atom. The third kappa shape index (κ3) is 2.82. The number of aromatic amines is 1. The van der Waals surface area contributed by atoms with Gasteiger partial charge in [-0.3, -0.25) is 4.79 Å². The predicted molar refractivity (Wildman–Crippen MR) is 101 cm³/mol. The molecule has 3 aromatic rings. The standard InChI is InChI=1S/C20H21N3O2/c1-25-20-5-3-2-4-19(20)23-10-8-22(9-11-23)16-6-7-18-17(12-16)15(14-24)13-21-18/h2-7,12-14,21H,8-11H2,1H3. The molecule has 0 unspecified atom stereocenters. The van der Waals surface area contributed by atoms with E-state index in [4.69, 9.17) is 4.74 Å². The van der Waals surface area contributed by atoms with Crippen LogP contribution in [0.1, 0.15) is 10.4 Å². The second-order valence-corrected chi connectivity index (χ2v) is 6.24. The van der Waals surface area contributed by atoms with Crippen LogP contribution in [0, 0.1) is 0 Å². The molecule has 1 saturated heterocycles. The van der Waals surface area contributed by atoms with Crippen molar-refractivity contribution in [2.75, 3.05) is 43.1 Å². The first-order chi connectivity index (χ1) is 12.3. The van der Waals surface area contributed by atoms with Crippen molar-refractivity contribution in [1.82, 2.24) is 4.98 Å². The Bertz CT molecular complexity index is 895. The van der Waals surface area contributed by atoms with Gasteiger partial charge in [-0.15, -0.1) is 0 Å². The number of aldehydes is 1. The molecule has 0 amide bonds. The first kappa shape index (κ1) is 15.6. The lowest BCUT2D eigenvalue weighted by atomic mass is 10.1. The lowest BCUT2D eigenvalue weighted by Crippen LogP contribution is -2.46. The fourth-order valence-corrected chi connectivity index (χ4v) is 3.52. The number of methoxy groups -OCH3 is 1. The highest BCUT2D eigenvalue weighted by atomic mass is 16.5. The number of piperazine rings is 1. The van der Waals surface area contributed by atoms with Crippen molar-refractivity contribution in [3.8, 4) is 5.75 Å². The summed E-state index contributed by atoms with van der Waals surface area (Å²) >= 11 is 0. The van der Waals surface area contributed by atoms with Crippen LogP contribution in [0.15, 0.2) is 48.7 Å². The van der Waals surface area contributed by atoms with Crippen LogP contribution in [-0.2, 0) is 0 Å². The van der Waals surface area contributed by atoms with Gasteiger partial charge in [-0.2, -0.15) is 0 Å². The summed E-state index contributed by atoms with van der Waals surface area (Å²) in [5, 5.41) is 0.986. The maximum Gasteiger partial charge on any atom is 0.152 e. The Morgan fingerprint density at radius 1 is 1.04 bits per heavy atom. The Labute approximate surface area is 146 Å². The van der Waals surface area contributed by atoms with E-state index in [1.54, 1.807) is 13.3 Å². The lowest BCUT2D eigenvalue weighted by molar-refractivity contribution is 0.112. The summed E-state index contributed by atoms with van der Waals surface area (Å²) < 4.78 is 5.48. The van der Waals surface area contributed by atoms with Gasteiger partial charge in [0.05, 0.1) is 12.8 Å². The highest BCUT2D eigenvalue weighted by Gasteiger charge is 2.20. The SMILES string of the molecule is COc1ccccc1N1CCN(c2ccc3[nH]cc(C=O)c3c2)CC1. The van der Waals surface area contributed by atoms with E-state index in [2.05, 4.69) is 33.0 Å². The zero-order valence-electron chi connectivity index (χ0n) is 14.2. The molecule has 25 heavy (non-hydrogen) atoms. The minimum absolute atomic E-state index is 0.713. The van der Waals surface area contributed by atoms with Gasteiger partial charge in [0.15, 0.2) is 6.29 Å². The van der Waals surface area contributed by atoms with Crippen molar-refractivity contribution in [2.24, 2.45) is 0 Å². The second kappa shape index (κ2) is 6.51. The monoisotopic (exact) mass is 335 g/mol. The molecule has 4 rings (SSSR count). The molecule has 1 aliphatic rings. The number of anilines is 2. The van der Waals surface area contributed by atoms with Crippen LogP contribution in [0.2, 0.25) is 0 Å². The Kier molecular flexibility index (Phi) is 4.06. The van der Waals surface area contributed by atoms with Crippen LogP contribution in [0.5, 0.6) is 5.75 Å². The number of para-hydroxylation sites is 2.